The van der Waals surface area contributed by atoms with Crippen molar-refractivity contribution >= 4 is 0 Å². The first-order valence-electron chi connectivity index (χ1n) is 6.50. The van der Waals surface area contributed by atoms with Crippen molar-refractivity contribution in [3.63, 3.8) is 0 Å². The van der Waals surface area contributed by atoms with Crippen molar-refractivity contribution in [3.05, 3.63) is 24.3 Å². The SMILES string of the molecule is C=CC(C)(O)CC/C=C(\C)CCC(O)C(C)(C)O. The molecule has 0 rings (SSSR count). The van der Waals surface area contributed by atoms with E-state index in [4.69, 9.17) is 0 Å². The molecule has 3 nitrogen and oxygen atoms in total. The molecule has 0 fully saturated rings. The zero-order valence-corrected chi connectivity index (χ0v) is 12.1. The van der Waals surface area contributed by atoms with Crippen LogP contribution in [0.25, 0.3) is 0 Å². The molecule has 2 atom stereocenters. The van der Waals surface area contributed by atoms with Crippen LogP contribution in [-0.4, -0.2) is 32.6 Å². The van der Waals surface area contributed by atoms with Crippen molar-refractivity contribution in [1.82, 2.24) is 0 Å². The Morgan fingerprint density at radius 1 is 1.28 bits per heavy atom. The smallest absolute Gasteiger partial charge is 0.0849 e. The molecule has 106 valence electrons. The summed E-state index contributed by atoms with van der Waals surface area (Å²) in [6.45, 7) is 10.5. The summed E-state index contributed by atoms with van der Waals surface area (Å²) in [7, 11) is 0. The van der Waals surface area contributed by atoms with Gasteiger partial charge in [-0.15, -0.1) is 6.58 Å². The van der Waals surface area contributed by atoms with Crippen LogP contribution in [-0.2, 0) is 0 Å². The maximum absolute atomic E-state index is 9.74. The molecule has 0 bridgehead atoms. The molecular weight excluding hydrogens is 228 g/mol. The highest BCUT2D eigenvalue weighted by Gasteiger charge is 2.23. The lowest BCUT2D eigenvalue weighted by Gasteiger charge is -2.24. The van der Waals surface area contributed by atoms with E-state index in [-0.39, 0.29) is 0 Å². The molecule has 0 aromatic rings. The quantitative estimate of drug-likeness (QED) is 0.585. The number of allylic oxidation sites excluding steroid dienone is 2. The summed E-state index contributed by atoms with van der Waals surface area (Å²) in [4.78, 5) is 0. The monoisotopic (exact) mass is 256 g/mol. The Bertz CT molecular complexity index is 285. The number of aliphatic hydroxyl groups excluding tert-OH is 1. The fraction of sp³-hybridized carbons (Fsp3) is 0.733. The number of aliphatic hydroxyl groups is 3. The molecule has 0 saturated heterocycles. The Morgan fingerprint density at radius 3 is 2.28 bits per heavy atom. The third-order valence-corrected chi connectivity index (χ3v) is 3.21. The number of rotatable bonds is 8. The van der Waals surface area contributed by atoms with Gasteiger partial charge in [-0.05, 0) is 53.4 Å². The first kappa shape index (κ1) is 17.4. The first-order valence-corrected chi connectivity index (χ1v) is 6.50. The Labute approximate surface area is 111 Å². The van der Waals surface area contributed by atoms with Crippen LogP contribution >= 0.6 is 0 Å². The van der Waals surface area contributed by atoms with Gasteiger partial charge in [-0.1, -0.05) is 17.7 Å². The van der Waals surface area contributed by atoms with Crippen LogP contribution < -0.4 is 0 Å². The molecule has 0 aromatic carbocycles. The fourth-order valence-electron chi connectivity index (χ4n) is 1.53. The molecule has 0 aliphatic carbocycles. The minimum Gasteiger partial charge on any atom is -0.390 e. The molecule has 3 heteroatoms. The van der Waals surface area contributed by atoms with E-state index >= 15 is 0 Å². The van der Waals surface area contributed by atoms with Crippen molar-refractivity contribution in [1.29, 1.82) is 0 Å². The van der Waals surface area contributed by atoms with Crippen LogP contribution in [0.1, 0.15) is 53.4 Å². The van der Waals surface area contributed by atoms with Gasteiger partial charge in [-0.25, -0.2) is 0 Å². The lowest BCUT2D eigenvalue weighted by atomic mass is 9.95. The van der Waals surface area contributed by atoms with Crippen molar-refractivity contribution in [2.24, 2.45) is 0 Å². The van der Waals surface area contributed by atoms with Gasteiger partial charge in [0, 0.05) is 0 Å². The van der Waals surface area contributed by atoms with E-state index in [0.29, 0.717) is 12.8 Å². The van der Waals surface area contributed by atoms with E-state index < -0.39 is 17.3 Å². The van der Waals surface area contributed by atoms with Crippen molar-refractivity contribution < 1.29 is 15.3 Å². The van der Waals surface area contributed by atoms with Gasteiger partial charge in [0.25, 0.3) is 0 Å². The number of hydrogen-bond donors (Lipinski definition) is 3. The average Bonchev–Trinajstić information content (AvgIpc) is 2.24. The molecule has 0 saturated carbocycles. The van der Waals surface area contributed by atoms with E-state index in [0.717, 1.165) is 18.4 Å². The molecule has 0 heterocycles. The second kappa shape index (κ2) is 7.07. The summed E-state index contributed by atoms with van der Waals surface area (Å²) in [6.07, 6.45) is 5.62. The largest absolute Gasteiger partial charge is 0.390 e. The summed E-state index contributed by atoms with van der Waals surface area (Å²) < 4.78 is 0. The third kappa shape index (κ3) is 7.64. The lowest BCUT2D eigenvalue weighted by Crippen LogP contribution is -2.35. The molecule has 0 aliphatic heterocycles. The van der Waals surface area contributed by atoms with Crippen molar-refractivity contribution in [3.8, 4) is 0 Å². The highest BCUT2D eigenvalue weighted by molar-refractivity contribution is 5.01. The van der Waals surface area contributed by atoms with Gasteiger partial charge >= 0.3 is 0 Å². The molecule has 0 radical (unpaired) electrons. The summed E-state index contributed by atoms with van der Waals surface area (Å²) in [5.74, 6) is 0. The highest BCUT2D eigenvalue weighted by Crippen LogP contribution is 2.18. The van der Waals surface area contributed by atoms with Gasteiger partial charge in [-0.2, -0.15) is 0 Å². The molecular formula is C15H28O3. The topological polar surface area (TPSA) is 60.7 Å². The van der Waals surface area contributed by atoms with E-state index in [2.05, 4.69) is 12.7 Å². The third-order valence-electron chi connectivity index (χ3n) is 3.21. The van der Waals surface area contributed by atoms with E-state index in [9.17, 15) is 15.3 Å². The van der Waals surface area contributed by atoms with Crippen LogP contribution in [0.5, 0.6) is 0 Å². The summed E-state index contributed by atoms with van der Waals surface area (Å²) >= 11 is 0. The standard InChI is InChI=1S/C15H28O3/c1-6-15(5,18)11-7-8-12(2)9-10-13(16)14(3,4)17/h6,8,13,16-18H,1,7,9-11H2,2-5H3/b12-8+. The van der Waals surface area contributed by atoms with E-state index in [1.165, 1.54) is 0 Å². The summed E-state index contributed by atoms with van der Waals surface area (Å²) in [5.41, 5.74) is -0.700. The molecule has 2 unspecified atom stereocenters. The zero-order chi connectivity index (χ0) is 14.4. The van der Waals surface area contributed by atoms with Crippen LogP contribution in [0.15, 0.2) is 24.3 Å². The zero-order valence-electron chi connectivity index (χ0n) is 12.1. The molecule has 3 N–H and O–H groups in total. The molecule has 0 amide bonds. The van der Waals surface area contributed by atoms with Crippen LogP contribution in [0.4, 0.5) is 0 Å². The summed E-state index contributed by atoms with van der Waals surface area (Å²) in [5, 5.41) is 29.0. The predicted octanol–water partition coefficient (Wildman–Crippen LogP) is 2.56. The minimum atomic E-state index is -1.05. The Kier molecular flexibility index (Phi) is 6.82. The van der Waals surface area contributed by atoms with Gasteiger partial charge < -0.3 is 15.3 Å². The Hall–Kier alpha value is -0.640. The highest BCUT2D eigenvalue weighted by atomic mass is 16.3. The predicted molar refractivity (Wildman–Crippen MR) is 75.4 cm³/mol. The van der Waals surface area contributed by atoms with Gasteiger partial charge in [0.1, 0.15) is 0 Å². The maximum Gasteiger partial charge on any atom is 0.0849 e. The molecule has 0 aliphatic rings. The average molecular weight is 256 g/mol. The van der Waals surface area contributed by atoms with Gasteiger partial charge in [0.2, 0.25) is 0 Å². The first-order chi connectivity index (χ1) is 8.08. The Morgan fingerprint density at radius 2 is 1.83 bits per heavy atom. The Balaban J connectivity index is 4.03. The normalized spacial score (nSPS) is 18.3. The molecule has 0 aromatic heterocycles. The van der Waals surface area contributed by atoms with E-state index in [1.807, 2.05) is 6.92 Å². The number of hydrogen-bond acceptors (Lipinski definition) is 3. The van der Waals surface area contributed by atoms with Crippen LogP contribution in [0, 0.1) is 0 Å². The second-order valence-corrected chi connectivity index (χ2v) is 5.86. The van der Waals surface area contributed by atoms with Crippen LogP contribution in [0.3, 0.4) is 0 Å². The van der Waals surface area contributed by atoms with E-state index in [1.54, 1.807) is 26.8 Å². The maximum atomic E-state index is 9.74. The lowest BCUT2D eigenvalue weighted by molar-refractivity contribution is -0.0509. The van der Waals surface area contributed by atoms with Gasteiger partial charge in [0.05, 0.1) is 17.3 Å². The second-order valence-electron chi connectivity index (χ2n) is 5.86. The molecule has 0 spiro atoms. The summed E-state index contributed by atoms with van der Waals surface area (Å²) in [6, 6.07) is 0. The van der Waals surface area contributed by atoms with Crippen molar-refractivity contribution in [2.45, 2.75) is 70.7 Å². The van der Waals surface area contributed by atoms with Gasteiger partial charge in [-0.3, -0.25) is 0 Å². The van der Waals surface area contributed by atoms with Crippen molar-refractivity contribution in [2.75, 3.05) is 0 Å². The fourth-order valence-corrected chi connectivity index (χ4v) is 1.53. The van der Waals surface area contributed by atoms with Crippen LogP contribution in [0.2, 0.25) is 0 Å². The molecule has 18 heavy (non-hydrogen) atoms. The van der Waals surface area contributed by atoms with Gasteiger partial charge in [0.15, 0.2) is 0 Å². The minimum absolute atomic E-state index is 0.545.